The fourth-order valence-electron chi connectivity index (χ4n) is 2.18. The van der Waals surface area contributed by atoms with E-state index in [0.717, 1.165) is 0 Å². The number of hydrogen-bond donors (Lipinski definition) is 9. The van der Waals surface area contributed by atoms with Crippen LogP contribution in [0.15, 0.2) is 4.99 Å². The number of nitrogens with two attached hydrogens (primary N) is 3. The van der Waals surface area contributed by atoms with E-state index >= 15 is 0 Å². The highest BCUT2D eigenvalue weighted by molar-refractivity contribution is 7.80. The van der Waals surface area contributed by atoms with E-state index in [2.05, 4.69) is 28.3 Å². The lowest BCUT2D eigenvalue weighted by atomic mass is 10.1. The molecule has 3 amide bonds. The Morgan fingerprint density at radius 1 is 0.968 bits per heavy atom. The maximum absolute atomic E-state index is 12.6. The fourth-order valence-corrected chi connectivity index (χ4v) is 2.35. The highest BCUT2D eigenvalue weighted by atomic mass is 32.1. The minimum absolute atomic E-state index is 0.0349. The molecule has 0 aliphatic heterocycles. The minimum Gasteiger partial charge on any atom is -0.481 e. The number of nitrogens with one attached hydrogen (secondary N) is 3. The summed E-state index contributed by atoms with van der Waals surface area (Å²) in [6, 6.07) is -4.95. The van der Waals surface area contributed by atoms with Gasteiger partial charge in [0.1, 0.15) is 18.1 Å². The first kappa shape index (κ1) is 27.9. The van der Waals surface area contributed by atoms with Gasteiger partial charge in [0.15, 0.2) is 5.96 Å². The van der Waals surface area contributed by atoms with Gasteiger partial charge in [-0.2, -0.15) is 12.6 Å². The number of aliphatic imine (C=N–C) groups is 1. The largest absolute Gasteiger partial charge is 0.481 e. The zero-order chi connectivity index (χ0) is 24.1. The van der Waals surface area contributed by atoms with E-state index in [0.29, 0.717) is 6.42 Å². The van der Waals surface area contributed by atoms with Gasteiger partial charge in [0.25, 0.3) is 0 Å². The molecule has 0 aliphatic rings. The van der Waals surface area contributed by atoms with Crippen molar-refractivity contribution in [3.63, 3.8) is 0 Å². The Morgan fingerprint density at radius 3 is 2.03 bits per heavy atom. The molecule has 31 heavy (non-hydrogen) atoms. The lowest BCUT2D eigenvalue weighted by Gasteiger charge is -2.23. The van der Waals surface area contributed by atoms with Crippen LogP contribution in [0.1, 0.15) is 26.2 Å². The number of nitrogens with zero attached hydrogens (tertiary/aromatic N) is 1. The molecule has 0 aromatic carbocycles. The molecule has 0 heterocycles. The van der Waals surface area contributed by atoms with Crippen LogP contribution in [0.25, 0.3) is 0 Å². The molecule has 0 radical (unpaired) electrons. The summed E-state index contributed by atoms with van der Waals surface area (Å²) in [7, 11) is 0. The monoisotopic (exact) mass is 463 g/mol. The van der Waals surface area contributed by atoms with Crippen LogP contribution in [-0.2, 0) is 24.0 Å². The van der Waals surface area contributed by atoms with Crippen LogP contribution in [0, 0.1) is 0 Å². The topological polar surface area (TPSA) is 252 Å². The molecular formula is C16H29N7O7S. The Kier molecular flexibility index (Phi) is 12.6. The van der Waals surface area contributed by atoms with E-state index in [-0.39, 0.29) is 24.7 Å². The number of aliphatic carboxylic acids is 2. The van der Waals surface area contributed by atoms with Gasteiger partial charge in [0, 0.05) is 12.3 Å². The van der Waals surface area contributed by atoms with Crippen LogP contribution in [0.2, 0.25) is 0 Å². The van der Waals surface area contributed by atoms with Gasteiger partial charge in [-0.15, -0.1) is 0 Å². The van der Waals surface area contributed by atoms with Crippen LogP contribution in [-0.4, -0.2) is 82.3 Å². The second kappa shape index (κ2) is 14.0. The predicted molar refractivity (Wildman–Crippen MR) is 113 cm³/mol. The molecule has 0 fully saturated rings. The molecule has 15 heteroatoms. The van der Waals surface area contributed by atoms with Crippen LogP contribution < -0.4 is 33.2 Å². The predicted octanol–water partition coefficient (Wildman–Crippen LogP) is -3.67. The third-order valence-corrected chi connectivity index (χ3v) is 4.25. The average molecular weight is 464 g/mol. The van der Waals surface area contributed by atoms with E-state index in [1.54, 1.807) is 0 Å². The molecule has 0 aliphatic carbocycles. The summed E-state index contributed by atoms with van der Waals surface area (Å²) in [5.41, 5.74) is 16.0. The van der Waals surface area contributed by atoms with Crippen molar-refractivity contribution in [1.82, 2.24) is 16.0 Å². The Labute approximate surface area is 183 Å². The summed E-state index contributed by atoms with van der Waals surface area (Å²) >= 11 is 3.92. The van der Waals surface area contributed by atoms with Gasteiger partial charge >= 0.3 is 11.9 Å². The average Bonchev–Trinajstić information content (AvgIpc) is 2.67. The first-order valence-electron chi connectivity index (χ1n) is 9.16. The summed E-state index contributed by atoms with van der Waals surface area (Å²) < 4.78 is 0. The van der Waals surface area contributed by atoms with Gasteiger partial charge in [0.2, 0.25) is 17.7 Å². The minimum atomic E-state index is -1.67. The van der Waals surface area contributed by atoms with Crippen molar-refractivity contribution in [2.45, 2.75) is 50.4 Å². The third-order valence-electron chi connectivity index (χ3n) is 3.86. The molecule has 0 saturated heterocycles. The molecule has 0 spiro atoms. The number of hydrogen-bond acceptors (Lipinski definition) is 8. The highest BCUT2D eigenvalue weighted by Crippen LogP contribution is 2.02. The zero-order valence-corrected chi connectivity index (χ0v) is 17.8. The zero-order valence-electron chi connectivity index (χ0n) is 16.9. The quantitative estimate of drug-likeness (QED) is 0.0528. The maximum atomic E-state index is 12.6. The number of guanidine groups is 1. The molecule has 0 saturated carbocycles. The lowest BCUT2D eigenvalue weighted by molar-refractivity contribution is -0.147. The number of carbonyl (C=O) groups is 5. The number of carboxylic acid groups (broad SMARTS) is 2. The van der Waals surface area contributed by atoms with Crippen LogP contribution >= 0.6 is 12.6 Å². The third kappa shape index (κ3) is 11.6. The molecule has 0 aromatic rings. The summed E-state index contributed by atoms with van der Waals surface area (Å²) in [4.78, 5) is 62.3. The molecule has 0 aromatic heterocycles. The van der Waals surface area contributed by atoms with Crippen molar-refractivity contribution < 1.29 is 34.2 Å². The number of thiol groups is 1. The standard InChI is InChI=1S/C16H29N7O7S/c1-7(12(26)23-10(15(29)30)5-11(24)25)21-14(28)9(3-2-4-20-16(18)19)22-13(27)8(17)6-31/h7-10,31H,2-6,17H2,1H3,(H,21,28)(H,22,27)(H,23,26)(H,24,25)(H,29,30)(H4,18,19,20). The second-order valence-corrected chi connectivity index (χ2v) is 6.89. The number of amides is 3. The molecule has 4 unspecified atom stereocenters. The number of carboxylic acids is 2. The Morgan fingerprint density at radius 2 is 1.55 bits per heavy atom. The van der Waals surface area contributed by atoms with Gasteiger partial charge in [-0.05, 0) is 19.8 Å². The molecule has 0 rings (SSSR count). The van der Waals surface area contributed by atoms with Crippen LogP contribution in [0.5, 0.6) is 0 Å². The first-order valence-corrected chi connectivity index (χ1v) is 9.79. The van der Waals surface area contributed by atoms with Crippen molar-refractivity contribution in [2.24, 2.45) is 22.2 Å². The van der Waals surface area contributed by atoms with Crippen molar-refractivity contribution in [3.05, 3.63) is 0 Å². The fraction of sp³-hybridized carbons (Fsp3) is 0.625. The maximum Gasteiger partial charge on any atom is 0.326 e. The second-order valence-electron chi connectivity index (χ2n) is 6.53. The molecule has 14 nitrogen and oxygen atoms in total. The van der Waals surface area contributed by atoms with Crippen molar-refractivity contribution >= 4 is 48.2 Å². The van der Waals surface area contributed by atoms with Gasteiger partial charge in [-0.25, -0.2) is 4.79 Å². The van der Waals surface area contributed by atoms with Crippen LogP contribution in [0.4, 0.5) is 0 Å². The van der Waals surface area contributed by atoms with E-state index in [1.165, 1.54) is 6.92 Å². The van der Waals surface area contributed by atoms with E-state index in [4.69, 9.17) is 27.4 Å². The molecular weight excluding hydrogens is 434 g/mol. The Hall–Kier alpha value is -3.07. The van der Waals surface area contributed by atoms with E-state index in [9.17, 15) is 24.0 Å². The molecule has 0 bridgehead atoms. The molecule has 11 N–H and O–H groups in total. The Bertz CT molecular complexity index is 700. The highest BCUT2D eigenvalue weighted by Gasteiger charge is 2.28. The Balaban J connectivity index is 5.11. The first-order chi connectivity index (χ1) is 14.4. The van der Waals surface area contributed by atoms with Gasteiger partial charge < -0.3 is 43.4 Å². The van der Waals surface area contributed by atoms with Crippen molar-refractivity contribution in [1.29, 1.82) is 0 Å². The van der Waals surface area contributed by atoms with E-state index in [1.807, 2.05) is 5.32 Å². The molecule has 176 valence electrons. The summed E-state index contributed by atoms with van der Waals surface area (Å²) in [5.74, 6) is -5.36. The van der Waals surface area contributed by atoms with Crippen LogP contribution in [0.3, 0.4) is 0 Å². The van der Waals surface area contributed by atoms with Crippen molar-refractivity contribution in [2.75, 3.05) is 12.3 Å². The summed E-state index contributed by atoms with van der Waals surface area (Å²) in [6.45, 7) is 1.46. The summed E-state index contributed by atoms with van der Waals surface area (Å²) in [5, 5.41) is 24.5. The van der Waals surface area contributed by atoms with Gasteiger partial charge in [0.05, 0.1) is 12.5 Å². The molecule has 4 atom stereocenters. The number of carbonyl (C=O) groups excluding carboxylic acids is 3. The van der Waals surface area contributed by atoms with Gasteiger partial charge in [-0.1, -0.05) is 0 Å². The smallest absolute Gasteiger partial charge is 0.326 e. The van der Waals surface area contributed by atoms with Gasteiger partial charge in [-0.3, -0.25) is 24.2 Å². The normalized spacial score (nSPS) is 14.3. The summed E-state index contributed by atoms with van der Waals surface area (Å²) in [6.07, 6.45) is -0.418. The SMILES string of the molecule is CC(NC(=O)C(CCCN=C(N)N)NC(=O)C(N)CS)C(=O)NC(CC(=O)O)C(=O)O. The van der Waals surface area contributed by atoms with Crippen molar-refractivity contribution in [3.8, 4) is 0 Å². The lowest BCUT2D eigenvalue weighted by Crippen LogP contribution is -2.56. The number of rotatable bonds is 14. The van der Waals surface area contributed by atoms with E-state index < -0.39 is 60.2 Å².